The normalized spacial score (nSPS) is 9.08. The van der Waals surface area contributed by atoms with Crippen molar-refractivity contribution in [2.24, 2.45) is 5.92 Å². The molecular formula is C8H11NO4. The van der Waals surface area contributed by atoms with Gasteiger partial charge >= 0.3 is 11.9 Å². The number of carbonyl (C=O) groups excluding carboxylic acids is 2. The number of ether oxygens (including phenoxy) is 2. The van der Waals surface area contributed by atoms with Gasteiger partial charge in [0.1, 0.15) is 0 Å². The maximum absolute atomic E-state index is 10.7. The summed E-state index contributed by atoms with van der Waals surface area (Å²) in [6.07, 6.45) is -0.163. The number of nitriles is 1. The summed E-state index contributed by atoms with van der Waals surface area (Å²) in [7, 11) is 2.46. The molecule has 0 amide bonds. The van der Waals surface area contributed by atoms with Crippen LogP contribution in [0.25, 0.3) is 0 Å². The summed E-state index contributed by atoms with van der Waals surface area (Å²) in [5.74, 6) is -1.68. The van der Waals surface area contributed by atoms with Crippen LogP contribution >= 0.6 is 0 Å². The zero-order valence-electron chi connectivity index (χ0n) is 7.57. The third kappa shape index (κ3) is 4.80. The van der Waals surface area contributed by atoms with Crippen LogP contribution in [0.3, 0.4) is 0 Å². The van der Waals surface area contributed by atoms with Crippen molar-refractivity contribution in [3.63, 3.8) is 0 Å². The molecule has 0 aliphatic carbocycles. The fourth-order valence-corrected chi connectivity index (χ4v) is 0.732. The van der Waals surface area contributed by atoms with Gasteiger partial charge in [-0.3, -0.25) is 9.59 Å². The largest absolute Gasteiger partial charge is 0.469 e. The summed E-state index contributed by atoms with van der Waals surface area (Å²) in [6, 6.07) is 1.83. The Morgan fingerprint density at radius 1 is 1.23 bits per heavy atom. The molecule has 0 fully saturated rings. The molecule has 0 saturated heterocycles. The fourth-order valence-electron chi connectivity index (χ4n) is 0.732. The quantitative estimate of drug-likeness (QED) is 0.587. The van der Waals surface area contributed by atoms with Gasteiger partial charge in [0, 0.05) is 0 Å². The molecule has 5 heteroatoms. The first-order valence-electron chi connectivity index (χ1n) is 3.67. The highest BCUT2D eigenvalue weighted by molar-refractivity contribution is 5.73. The van der Waals surface area contributed by atoms with Crippen molar-refractivity contribution < 1.29 is 19.1 Å². The van der Waals surface area contributed by atoms with Gasteiger partial charge in [-0.1, -0.05) is 0 Å². The highest BCUT2D eigenvalue weighted by Gasteiger charge is 2.17. The van der Waals surface area contributed by atoms with Crippen molar-refractivity contribution in [2.75, 3.05) is 14.2 Å². The van der Waals surface area contributed by atoms with Crippen LogP contribution in [0.15, 0.2) is 0 Å². The van der Waals surface area contributed by atoms with Gasteiger partial charge in [0.25, 0.3) is 0 Å². The molecule has 0 aliphatic rings. The molecular weight excluding hydrogens is 174 g/mol. The van der Waals surface area contributed by atoms with Gasteiger partial charge in [0.15, 0.2) is 0 Å². The van der Waals surface area contributed by atoms with Gasteiger partial charge in [-0.05, 0) is 0 Å². The molecule has 0 unspecified atom stereocenters. The minimum atomic E-state index is -0.667. The molecule has 0 atom stereocenters. The number of nitrogens with zero attached hydrogens (tertiary/aromatic N) is 1. The maximum Gasteiger partial charge on any atom is 0.306 e. The Labute approximate surface area is 76.2 Å². The van der Waals surface area contributed by atoms with Gasteiger partial charge in [-0.2, -0.15) is 5.26 Å². The topological polar surface area (TPSA) is 76.4 Å². The summed E-state index contributed by atoms with van der Waals surface area (Å²) < 4.78 is 8.71. The van der Waals surface area contributed by atoms with Crippen molar-refractivity contribution in [3.05, 3.63) is 0 Å². The number of rotatable bonds is 4. The second-order valence-corrected chi connectivity index (χ2v) is 2.39. The molecule has 0 aromatic rings. The van der Waals surface area contributed by atoms with E-state index >= 15 is 0 Å². The number of hydrogen-bond acceptors (Lipinski definition) is 5. The first-order chi connectivity index (χ1) is 6.13. The SMILES string of the molecule is COC(=O)CC(C#N)CC(=O)OC. The minimum absolute atomic E-state index is 0.0813. The average Bonchev–Trinajstić information content (AvgIpc) is 2.16. The van der Waals surface area contributed by atoms with Crippen LogP contribution in [0.4, 0.5) is 0 Å². The van der Waals surface area contributed by atoms with Crippen molar-refractivity contribution in [3.8, 4) is 6.07 Å². The lowest BCUT2D eigenvalue weighted by Gasteiger charge is -2.04. The van der Waals surface area contributed by atoms with E-state index in [2.05, 4.69) is 9.47 Å². The summed E-state index contributed by atoms with van der Waals surface area (Å²) in [5.41, 5.74) is 0. The van der Waals surface area contributed by atoms with Gasteiger partial charge in [0.2, 0.25) is 0 Å². The molecule has 0 rings (SSSR count). The van der Waals surface area contributed by atoms with E-state index in [9.17, 15) is 9.59 Å². The second-order valence-electron chi connectivity index (χ2n) is 2.39. The smallest absolute Gasteiger partial charge is 0.306 e. The zero-order valence-corrected chi connectivity index (χ0v) is 7.57. The van der Waals surface area contributed by atoms with Gasteiger partial charge in [-0.25, -0.2) is 0 Å². The molecule has 0 aliphatic heterocycles. The van der Waals surface area contributed by atoms with Crippen molar-refractivity contribution in [2.45, 2.75) is 12.8 Å². The van der Waals surface area contributed by atoms with E-state index in [1.165, 1.54) is 14.2 Å². The molecule has 0 radical (unpaired) electrons. The summed E-state index contributed by atoms with van der Waals surface area (Å²) in [6.45, 7) is 0. The van der Waals surface area contributed by atoms with Crippen molar-refractivity contribution >= 4 is 11.9 Å². The highest BCUT2D eigenvalue weighted by atomic mass is 16.5. The Hall–Kier alpha value is -1.57. The van der Waals surface area contributed by atoms with Crippen LogP contribution in [0.5, 0.6) is 0 Å². The predicted octanol–water partition coefficient (Wildman–Crippen LogP) is 0.252. The third-order valence-electron chi connectivity index (χ3n) is 1.46. The van der Waals surface area contributed by atoms with E-state index < -0.39 is 17.9 Å². The lowest BCUT2D eigenvalue weighted by atomic mass is 10.0. The molecule has 5 nitrogen and oxygen atoms in total. The lowest BCUT2D eigenvalue weighted by molar-refractivity contribution is -0.143. The van der Waals surface area contributed by atoms with E-state index in [0.29, 0.717) is 0 Å². The Kier molecular flexibility index (Phi) is 5.28. The third-order valence-corrected chi connectivity index (χ3v) is 1.46. The molecule has 0 N–H and O–H groups in total. The van der Waals surface area contributed by atoms with E-state index in [0.717, 1.165) is 0 Å². The molecule has 0 bridgehead atoms. The zero-order chi connectivity index (χ0) is 10.3. The van der Waals surface area contributed by atoms with E-state index in [1.807, 2.05) is 6.07 Å². The lowest BCUT2D eigenvalue weighted by Crippen LogP contribution is -2.13. The van der Waals surface area contributed by atoms with Gasteiger partial charge < -0.3 is 9.47 Å². The minimum Gasteiger partial charge on any atom is -0.469 e. The number of esters is 2. The van der Waals surface area contributed by atoms with Crippen LogP contribution in [0.1, 0.15) is 12.8 Å². The maximum atomic E-state index is 10.7. The average molecular weight is 185 g/mol. The standard InChI is InChI=1S/C8H11NO4/c1-12-7(10)3-6(5-9)4-8(11)13-2/h6H,3-4H2,1-2H3. The Balaban J connectivity index is 3.98. The predicted molar refractivity (Wildman–Crippen MR) is 42.4 cm³/mol. The monoisotopic (exact) mass is 185 g/mol. The van der Waals surface area contributed by atoms with Gasteiger partial charge in [-0.15, -0.1) is 0 Å². The molecule has 0 saturated carbocycles. The number of methoxy groups -OCH3 is 2. The first-order valence-corrected chi connectivity index (χ1v) is 3.67. The molecule has 0 aromatic heterocycles. The van der Waals surface area contributed by atoms with E-state index in [4.69, 9.17) is 5.26 Å². The summed E-state index contributed by atoms with van der Waals surface area (Å²) in [5, 5.41) is 8.55. The van der Waals surface area contributed by atoms with Gasteiger partial charge in [0.05, 0.1) is 39.0 Å². The Morgan fingerprint density at radius 2 is 1.62 bits per heavy atom. The molecule has 0 aromatic carbocycles. The molecule has 72 valence electrons. The molecule has 0 heterocycles. The van der Waals surface area contributed by atoms with E-state index in [-0.39, 0.29) is 12.8 Å². The molecule has 13 heavy (non-hydrogen) atoms. The van der Waals surface area contributed by atoms with Crippen LogP contribution in [0, 0.1) is 17.2 Å². The van der Waals surface area contributed by atoms with Crippen LogP contribution < -0.4 is 0 Å². The fraction of sp³-hybridized carbons (Fsp3) is 0.625. The van der Waals surface area contributed by atoms with Crippen molar-refractivity contribution in [1.29, 1.82) is 5.26 Å². The first kappa shape index (κ1) is 11.4. The van der Waals surface area contributed by atoms with Crippen LogP contribution in [0.2, 0.25) is 0 Å². The Bertz CT molecular complexity index is 213. The number of hydrogen-bond donors (Lipinski definition) is 0. The Morgan fingerprint density at radius 3 is 1.85 bits per heavy atom. The molecule has 0 spiro atoms. The van der Waals surface area contributed by atoms with Crippen LogP contribution in [-0.2, 0) is 19.1 Å². The highest BCUT2D eigenvalue weighted by Crippen LogP contribution is 2.08. The summed E-state index contributed by atoms with van der Waals surface area (Å²) in [4.78, 5) is 21.5. The van der Waals surface area contributed by atoms with E-state index in [1.54, 1.807) is 0 Å². The van der Waals surface area contributed by atoms with Crippen LogP contribution in [-0.4, -0.2) is 26.2 Å². The van der Waals surface area contributed by atoms with Crippen molar-refractivity contribution in [1.82, 2.24) is 0 Å². The number of carbonyl (C=O) groups is 2. The summed E-state index contributed by atoms with van der Waals surface area (Å²) >= 11 is 0. The second kappa shape index (κ2) is 6.00.